The van der Waals surface area contributed by atoms with Crippen molar-refractivity contribution in [2.24, 2.45) is 4.99 Å². The van der Waals surface area contributed by atoms with E-state index in [0.717, 1.165) is 11.4 Å². The van der Waals surface area contributed by atoms with Crippen molar-refractivity contribution in [1.82, 2.24) is 5.32 Å². The van der Waals surface area contributed by atoms with E-state index in [1.807, 2.05) is 60.8 Å². The van der Waals surface area contributed by atoms with Gasteiger partial charge in [-0.15, -0.1) is 0 Å². The summed E-state index contributed by atoms with van der Waals surface area (Å²) in [6.45, 7) is 0. The van der Waals surface area contributed by atoms with Crippen LogP contribution >= 0.6 is 11.8 Å². The van der Waals surface area contributed by atoms with Gasteiger partial charge in [-0.25, -0.2) is 4.99 Å². The molecule has 0 aliphatic carbocycles. The van der Waals surface area contributed by atoms with Crippen LogP contribution in [0.5, 0.6) is 0 Å². The van der Waals surface area contributed by atoms with Gasteiger partial charge in [0, 0.05) is 17.1 Å². The molecule has 0 saturated heterocycles. The molecule has 0 radical (unpaired) electrons. The fraction of sp³-hybridized carbons (Fsp3) is 0.0455. The van der Waals surface area contributed by atoms with Crippen LogP contribution in [0.2, 0.25) is 0 Å². The van der Waals surface area contributed by atoms with Crippen molar-refractivity contribution in [3.8, 4) is 6.19 Å². The summed E-state index contributed by atoms with van der Waals surface area (Å²) in [6.07, 6.45) is 3.64. The Kier molecular flexibility index (Phi) is 6.87. The number of para-hydroxylation sites is 2. The Morgan fingerprint density at radius 2 is 1.52 bits per heavy atom. The number of benzene rings is 3. The molecule has 0 aliphatic heterocycles. The predicted octanol–water partition coefficient (Wildman–Crippen LogP) is 5.10. The third-order valence-corrected chi connectivity index (χ3v) is 4.51. The molecule has 3 aromatic rings. The molecule has 6 nitrogen and oxygen atoms in total. The number of carbonyl (C=O) groups excluding carboxylic acids is 1. The van der Waals surface area contributed by atoms with E-state index in [4.69, 9.17) is 5.26 Å². The number of aliphatic imine (C=N–C) groups is 1. The Hall–Kier alpha value is -3.76. The average Bonchev–Trinajstić information content (AvgIpc) is 2.76. The van der Waals surface area contributed by atoms with Gasteiger partial charge in [0.25, 0.3) is 5.91 Å². The van der Waals surface area contributed by atoms with Gasteiger partial charge >= 0.3 is 0 Å². The summed E-state index contributed by atoms with van der Waals surface area (Å²) in [7, 11) is 0. The minimum atomic E-state index is -0.273. The van der Waals surface area contributed by atoms with Crippen molar-refractivity contribution in [1.29, 1.82) is 5.26 Å². The monoisotopic (exact) mass is 401 g/mol. The lowest BCUT2D eigenvalue weighted by Gasteiger charge is -2.10. The molecular formula is C22H19N5OS. The maximum atomic E-state index is 12.8. The molecule has 0 heterocycles. The minimum absolute atomic E-state index is 0.273. The number of nitrogens with one attached hydrogen (secondary N) is 3. The Labute approximate surface area is 173 Å². The van der Waals surface area contributed by atoms with Crippen LogP contribution in [0.4, 0.5) is 22.7 Å². The van der Waals surface area contributed by atoms with Crippen molar-refractivity contribution in [3.63, 3.8) is 0 Å². The Morgan fingerprint density at radius 3 is 2.21 bits per heavy atom. The van der Waals surface area contributed by atoms with Crippen molar-refractivity contribution >= 4 is 45.6 Å². The summed E-state index contributed by atoms with van der Waals surface area (Å²) in [6, 6.07) is 24.3. The minimum Gasteiger partial charge on any atom is -0.356 e. The summed E-state index contributed by atoms with van der Waals surface area (Å²) < 4.78 is 0. The molecule has 3 aromatic carbocycles. The first-order valence-corrected chi connectivity index (χ1v) is 10.0. The van der Waals surface area contributed by atoms with Crippen LogP contribution in [0, 0.1) is 11.5 Å². The number of nitriles is 1. The number of amidine groups is 1. The number of rotatable bonds is 5. The van der Waals surface area contributed by atoms with Crippen LogP contribution < -0.4 is 16.0 Å². The van der Waals surface area contributed by atoms with E-state index in [0.29, 0.717) is 22.1 Å². The molecule has 7 heteroatoms. The largest absolute Gasteiger partial charge is 0.356 e. The molecule has 0 atom stereocenters. The van der Waals surface area contributed by atoms with E-state index in [9.17, 15) is 4.79 Å². The fourth-order valence-corrected chi connectivity index (χ4v) is 2.91. The second-order valence-electron chi connectivity index (χ2n) is 5.90. The summed E-state index contributed by atoms with van der Waals surface area (Å²) in [5.41, 5.74) is 3.50. The van der Waals surface area contributed by atoms with Crippen LogP contribution in [0.3, 0.4) is 0 Å². The Bertz CT molecular complexity index is 1040. The van der Waals surface area contributed by atoms with Gasteiger partial charge < -0.3 is 10.6 Å². The van der Waals surface area contributed by atoms with Crippen molar-refractivity contribution in [2.75, 3.05) is 16.9 Å². The summed E-state index contributed by atoms with van der Waals surface area (Å²) in [5.74, 6) is -0.273. The normalized spacial score (nSPS) is 10.7. The number of amides is 1. The number of anilines is 3. The van der Waals surface area contributed by atoms with Gasteiger partial charge in [0.2, 0.25) is 0 Å². The molecule has 1 amide bonds. The number of nitrogens with zero attached hydrogens (tertiary/aromatic N) is 2. The molecular weight excluding hydrogens is 382 g/mol. The van der Waals surface area contributed by atoms with Gasteiger partial charge in [0.1, 0.15) is 0 Å². The van der Waals surface area contributed by atoms with Gasteiger partial charge in [0.15, 0.2) is 11.4 Å². The topological polar surface area (TPSA) is 89.3 Å². The second-order valence-corrected chi connectivity index (χ2v) is 6.69. The lowest BCUT2D eigenvalue weighted by molar-refractivity contribution is 0.102. The van der Waals surface area contributed by atoms with Crippen LogP contribution in [0.1, 0.15) is 10.4 Å². The van der Waals surface area contributed by atoms with Gasteiger partial charge in [-0.1, -0.05) is 42.1 Å². The first-order valence-electron chi connectivity index (χ1n) is 8.80. The van der Waals surface area contributed by atoms with E-state index >= 15 is 0 Å². The van der Waals surface area contributed by atoms with Crippen LogP contribution in [-0.4, -0.2) is 17.3 Å². The third kappa shape index (κ3) is 5.61. The molecule has 0 saturated carbocycles. The molecule has 29 heavy (non-hydrogen) atoms. The van der Waals surface area contributed by atoms with Gasteiger partial charge in [-0.2, -0.15) is 5.26 Å². The first kappa shape index (κ1) is 20.0. The number of hydrogen-bond donors (Lipinski definition) is 3. The zero-order valence-corrected chi connectivity index (χ0v) is 16.5. The molecule has 0 aliphatic rings. The Morgan fingerprint density at radius 1 is 0.897 bits per heavy atom. The van der Waals surface area contributed by atoms with E-state index in [1.165, 1.54) is 11.8 Å². The molecule has 0 unspecified atom stereocenters. The molecule has 0 spiro atoms. The van der Waals surface area contributed by atoms with Crippen molar-refractivity contribution in [3.05, 3.63) is 84.4 Å². The van der Waals surface area contributed by atoms with Gasteiger partial charge in [0.05, 0.1) is 11.3 Å². The second kappa shape index (κ2) is 9.97. The van der Waals surface area contributed by atoms with Crippen LogP contribution in [0.15, 0.2) is 83.9 Å². The smallest absolute Gasteiger partial charge is 0.257 e. The van der Waals surface area contributed by atoms with E-state index in [2.05, 4.69) is 20.9 Å². The Balaban J connectivity index is 1.73. The highest BCUT2D eigenvalue weighted by atomic mass is 32.2. The molecule has 3 N–H and O–H groups in total. The van der Waals surface area contributed by atoms with Crippen molar-refractivity contribution < 1.29 is 4.79 Å². The predicted molar refractivity (Wildman–Crippen MR) is 120 cm³/mol. The third-order valence-electron chi connectivity index (χ3n) is 3.93. The number of hydrogen-bond acceptors (Lipinski definition) is 5. The van der Waals surface area contributed by atoms with E-state index in [-0.39, 0.29) is 5.91 Å². The lowest BCUT2D eigenvalue weighted by atomic mass is 10.1. The molecule has 0 aromatic heterocycles. The maximum Gasteiger partial charge on any atom is 0.257 e. The first-order chi connectivity index (χ1) is 14.2. The number of thioether (sulfide) groups is 1. The molecule has 0 fully saturated rings. The number of carbonyl (C=O) groups is 1. The van der Waals surface area contributed by atoms with Crippen LogP contribution in [-0.2, 0) is 0 Å². The molecule has 0 bridgehead atoms. The van der Waals surface area contributed by atoms with Gasteiger partial charge in [-0.05, 0) is 54.8 Å². The quantitative estimate of drug-likeness (QED) is 0.239. The van der Waals surface area contributed by atoms with E-state index < -0.39 is 0 Å². The fourth-order valence-electron chi connectivity index (χ4n) is 2.57. The zero-order chi connectivity index (χ0) is 20.5. The summed E-state index contributed by atoms with van der Waals surface area (Å²) in [4.78, 5) is 17.1. The summed E-state index contributed by atoms with van der Waals surface area (Å²) in [5, 5.41) is 17.9. The highest BCUT2D eigenvalue weighted by Crippen LogP contribution is 2.23. The standard InChI is InChI=1S/C22H19N5OS/c1-29-22(24-15-23)27-20-10-6-5-9-19(20)21(28)26-18-13-11-17(12-14-18)25-16-7-3-2-4-8-16/h2-14,25H,1H3,(H,24,27)(H,26,28). The molecule has 3 rings (SSSR count). The van der Waals surface area contributed by atoms with Gasteiger partial charge in [-0.3, -0.25) is 10.1 Å². The maximum absolute atomic E-state index is 12.8. The zero-order valence-electron chi connectivity index (χ0n) is 15.7. The highest BCUT2D eigenvalue weighted by Gasteiger charge is 2.12. The van der Waals surface area contributed by atoms with Crippen molar-refractivity contribution in [2.45, 2.75) is 0 Å². The van der Waals surface area contributed by atoms with E-state index in [1.54, 1.807) is 30.5 Å². The SMILES string of the molecule is CSC(=Nc1ccccc1C(=O)Nc1ccc(Nc2ccccc2)cc1)NC#N. The molecule has 144 valence electrons. The highest BCUT2D eigenvalue weighted by molar-refractivity contribution is 8.13. The summed E-state index contributed by atoms with van der Waals surface area (Å²) >= 11 is 1.29. The van der Waals surface area contributed by atoms with Crippen LogP contribution in [0.25, 0.3) is 0 Å². The average molecular weight is 401 g/mol. The lowest BCUT2D eigenvalue weighted by Crippen LogP contribution is -2.14.